The maximum atomic E-state index is 13.4. The average molecular weight is 481 g/mol. The van der Waals surface area contributed by atoms with Gasteiger partial charge in [-0.3, -0.25) is 9.10 Å². The number of hydrogen-bond acceptors (Lipinski definition) is 3. The van der Waals surface area contributed by atoms with Gasteiger partial charge in [0.15, 0.2) is 0 Å². The monoisotopic (exact) mass is 480 g/mol. The number of nitrogens with zero attached hydrogens (tertiary/aromatic N) is 1. The smallest absolute Gasteiger partial charge is 0.264 e. The Morgan fingerprint density at radius 1 is 1.03 bits per heavy atom. The third-order valence-corrected chi connectivity index (χ3v) is 7.04. The normalized spacial score (nSPS) is 11.9. The van der Waals surface area contributed by atoms with Gasteiger partial charge in [0.2, 0.25) is 5.91 Å². The van der Waals surface area contributed by atoms with Crippen molar-refractivity contribution in [2.75, 3.05) is 10.8 Å². The highest BCUT2D eigenvalue weighted by Gasteiger charge is 2.29. The van der Waals surface area contributed by atoms with Crippen molar-refractivity contribution in [1.29, 1.82) is 0 Å². The van der Waals surface area contributed by atoms with Crippen molar-refractivity contribution in [3.8, 4) is 0 Å². The minimum Gasteiger partial charge on any atom is -0.351 e. The Hall–Kier alpha value is -1.86. The first-order valence-electron chi connectivity index (χ1n) is 9.66. The number of carbonyl (C=O) groups is 1. The zero-order valence-corrected chi connectivity index (χ0v) is 19.9. The molecule has 0 aromatic heterocycles. The topological polar surface area (TPSA) is 66.5 Å². The lowest BCUT2D eigenvalue weighted by atomic mass is 9.93. The number of hydrogen-bond donors (Lipinski definition) is 1. The molecule has 1 amide bonds. The van der Waals surface area contributed by atoms with E-state index in [-0.39, 0.29) is 35.2 Å². The first-order chi connectivity index (χ1) is 13.5. The number of nitrogens with one attached hydrogen (secondary N) is 1. The molecular weight excluding hydrogens is 452 g/mol. The predicted molar refractivity (Wildman–Crippen MR) is 121 cm³/mol. The van der Waals surface area contributed by atoms with Gasteiger partial charge in [0.25, 0.3) is 10.0 Å². The van der Waals surface area contributed by atoms with E-state index in [9.17, 15) is 13.2 Å². The van der Waals surface area contributed by atoms with E-state index >= 15 is 0 Å². The molecule has 0 bridgehead atoms. The fourth-order valence-electron chi connectivity index (χ4n) is 3.25. The number of amides is 1. The number of anilines is 1. The van der Waals surface area contributed by atoms with Crippen molar-refractivity contribution < 1.29 is 13.2 Å². The molecule has 0 aliphatic carbocycles. The number of carbonyl (C=O) groups excluding carboxylic acids is 1. The van der Waals surface area contributed by atoms with E-state index in [1.165, 1.54) is 0 Å². The van der Waals surface area contributed by atoms with E-state index in [2.05, 4.69) is 21.2 Å². The zero-order valence-electron chi connectivity index (χ0n) is 17.5. The summed E-state index contributed by atoms with van der Waals surface area (Å²) >= 11 is 3.39. The van der Waals surface area contributed by atoms with Gasteiger partial charge in [-0.05, 0) is 49.1 Å². The van der Waals surface area contributed by atoms with Gasteiger partial charge < -0.3 is 5.32 Å². The summed E-state index contributed by atoms with van der Waals surface area (Å²) in [6, 6.07) is 13.5. The van der Waals surface area contributed by atoms with Crippen LogP contribution in [0.25, 0.3) is 0 Å². The number of aryl methyl sites for hydroxylation is 1. The van der Waals surface area contributed by atoms with Crippen LogP contribution >= 0.6 is 15.9 Å². The molecule has 2 rings (SSSR count). The van der Waals surface area contributed by atoms with Gasteiger partial charge in [-0.25, -0.2) is 8.42 Å². The molecule has 1 N–H and O–H groups in total. The molecule has 2 aromatic rings. The number of halogens is 1. The summed E-state index contributed by atoms with van der Waals surface area (Å²) in [6.07, 6.45) is 0. The Morgan fingerprint density at radius 2 is 1.62 bits per heavy atom. The summed E-state index contributed by atoms with van der Waals surface area (Å²) in [5.41, 5.74) is 1.40. The average Bonchev–Trinajstić information content (AvgIpc) is 2.64. The SMILES string of the molecule is Cc1ccc(S(=O)(=O)N(CC(=O)NC(C(C)C)C(C)C)c2cccc(Br)c2)cc1. The van der Waals surface area contributed by atoms with Crippen molar-refractivity contribution in [1.82, 2.24) is 5.32 Å². The third-order valence-electron chi connectivity index (χ3n) is 4.76. The van der Waals surface area contributed by atoms with E-state index in [0.717, 1.165) is 14.3 Å². The Balaban J connectivity index is 2.41. The standard InChI is InChI=1S/C22H29BrN2O3S/c1-15(2)22(16(3)4)24-21(26)14-25(19-8-6-7-18(23)13-19)29(27,28)20-11-9-17(5)10-12-20/h6-13,15-16,22H,14H2,1-5H3,(H,24,26). The van der Waals surface area contributed by atoms with Gasteiger partial charge in [-0.1, -0.05) is 67.4 Å². The van der Waals surface area contributed by atoms with Crippen molar-refractivity contribution in [3.63, 3.8) is 0 Å². The van der Waals surface area contributed by atoms with E-state index in [1.54, 1.807) is 42.5 Å². The van der Waals surface area contributed by atoms with Crippen molar-refractivity contribution in [2.45, 2.75) is 45.6 Å². The molecule has 158 valence electrons. The molecule has 0 heterocycles. The highest BCUT2D eigenvalue weighted by Crippen LogP contribution is 2.26. The van der Waals surface area contributed by atoms with E-state index in [1.807, 2.05) is 40.7 Å². The van der Waals surface area contributed by atoms with Gasteiger partial charge in [0.05, 0.1) is 10.6 Å². The number of benzene rings is 2. The summed E-state index contributed by atoms with van der Waals surface area (Å²) in [7, 11) is -3.91. The first kappa shape index (κ1) is 23.4. The molecule has 29 heavy (non-hydrogen) atoms. The van der Waals surface area contributed by atoms with Gasteiger partial charge in [-0.2, -0.15) is 0 Å². The number of sulfonamides is 1. The minimum atomic E-state index is -3.91. The van der Waals surface area contributed by atoms with E-state index in [4.69, 9.17) is 0 Å². The molecule has 7 heteroatoms. The van der Waals surface area contributed by atoms with Crippen LogP contribution < -0.4 is 9.62 Å². The highest BCUT2D eigenvalue weighted by molar-refractivity contribution is 9.10. The molecular formula is C22H29BrN2O3S. The fraction of sp³-hybridized carbons (Fsp3) is 0.409. The Bertz CT molecular complexity index is 933. The highest BCUT2D eigenvalue weighted by atomic mass is 79.9. The lowest BCUT2D eigenvalue weighted by Crippen LogP contribution is -2.47. The summed E-state index contributed by atoms with van der Waals surface area (Å²) < 4.78 is 28.6. The van der Waals surface area contributed by atoms with Crippen molar-refractivity contribution in [2.24, 2.45) is 11.8 Å². The predicted octanol–water partition coefficient (Wildman–Crippen LogP) is 4.75. The van der Waals surface area contributed by atoms with Crippen LogP contribution in [0.1, 0.15) is 33.3 Å². The van der Waals surface area contributed by atoms with Crippen molar-refractivity contribution in [3.05, 3.63) is 58.6 Å². The second-order valence-electron chi connectivity index (χ2n) is 7.89. The second kappa shape index (κ2) is 9.76. The first-order valence-corrected chi connectivity index (χ1v) is 11.9. The molecule has 0 saturated carbocycles. The molecule has 0 radical (unpaired) electrons. The molecule has 0 atom stereocenters. The largest absolute Gasteiger partial charge is 0.351 e. The lowest BCUT2D eigenvalue weighted by Gasteiger charge is -2.29. The molecule has 2 aromatic carbocycles. The molecule has 0 saturated heterocycles. The molecule has 0 unspecified atom stereocenters. The quantitative estimate of drug-likeness (QED) is 0.592. The van der Waals surface area contributed by atoms with Crippen LogP contribution in [0.2, 0.25) is 0 Å². The van der Waals surface area contributed by atoms with Crippen LogP contribution in [-0.2, 0) is 14.8 Å². The maximum absolute atomic E-state index is 13.4. The fourth-order valence-corrected chi connectivity index (χ4v) is 5.05. The summed E-state index contributed by atoms with van der Waals surface area (Å²) in [5, 5.41) is 3.01. The zero-order chi connectivity index (χ0) is 21.8. The Morgan fingerprint density at radius 3 is 2.14 bits per heavy atom. The van der Waals surface area contributed by atoms with Crippen LogP contribution in [0, 0.1) is 18.8 Å². The van der Waals surface area contributed by atoms with Gasteiger partial charge in [0.1, 0.15) is 6.54 Å². The van der Waals surface area contributed by atoms with Crippen LogP contribution in [-0.4, -0.2) is 26.9 Å². The molecule has 0 aliphatic heterocycles. The molecule has 0 aliphatic rings. The Labute approximate surface area is 182 Å². The van der Waals surface area contributed by atoms with Gasteiger partial charge in [-0.15, -0.1) is 0 Å². The maximum Gasteiger partial charge on any atom is 0.264 e. The lowest BCUT2D eigenvalue weighted by molar-refractivity contribution is -0.121. The van der Waals surface area contributed by atoms with Crippen LogP contribution in [0.3, 0.4) is 0 Å². The third kappa shape index (κ3) is 6.06. The van der Waals surface area contributed by atoms with Gasteiger partial charge in [0, 0.05) is 10.5 Å². The van der Waals surface area contributed by atoms with Gasteiger partial charge >= 0.3 is 0 Å². The summed E-state index contributed by atoms with van der Waals surface area (Å²) in [5.74, 6) is 0.159. The van der Waals surface area contributed by atoms with Crippen LogP contribution in [0.4, 0.5) is 5.69 Å². The van der Waals surface area contributed by atoms with E-state index in [0.29, 0.717) is 5.69 Å². The molecule has 0 fully saturated rings. The molecule has 0 spiro atoms. The van der Waals surface area contributed by atoms with Crippen molar-refractivity contribution >= 4 is 37.5 Å². The number of rotatable bonds is 8. The second-order valence-corrected chi connectivity index (χ2v) is 10.7. The summed E-state index contributed by atoms with van der Waals surface area (Å²) in [4.78, 5) is 13.0. The van der Waals surface area contributed by atoms with Crippen LogP contribution in [0.5, 0.6) is 0 Å². The summed E-state index contributed by atoms with van der Waals surface area (Å²) in [6.45, 7) is 9.77. The minimum absolute atomic E-state index is 0.0334. The molecule has 5 nitrogen and oxygen atoms in total. The van der Waals surface area contributed by atoms with E-state index < -0.39 is 10.0 Å². The Kier molecular flexibility index (Phi) is 7.88. The van der Waals surface area contributed by atoms with Crippen LogP contribution in [0.15, 0.2) is 57.9 Å².